The molecule has 2 atom stereocenters. The van der Waals surface area contributed by atoms with Crippen molar-refractivity contribution in [1.29, 1.82) is 0 Å². The average molecular weight is 238 g/mol. The quantitative estimate of drug-likeness (QED) is 0.592. The highest BCUT2D eigenvalue weighted by atomic mass is 16.3. The van der Waals surface area contributed by atoms with Crippen molar-refractivity contribution in [1.82, 2.24) is 14.9 Å². The predicted octanol–water partition coefficient (Wildman–Crippen LogP) is -1.30. The van der Waals surface area contributed by atoms with Gasteiger partial charge in [0.05, 0.1) is 24.6 Å². The van der Waals surface area contributed by atoms with Crippen LogP contribution < -0.4 is 5.32 Å². The summed E-state index contributed by atoms with van der Waals surface area (Å²) >= 11 is 0. The van der Waals surface area contributed by atoms with Gasteiger partial charge >= 0.3 is 0 Å². The molecule has 1 amide bonds. The molecule has 0 spiro atoms. The van der Waals surface area contributed by atoms with Crippen LogP contribution >= 0.6 is 0 Å². The van der Waals surface area contributed by atoms with Crippen LogP contribution in [0.2, 0.25) is 0 Å². The van der Waals surface area contributed by atoms with Gasteiger partial charge in [0.15, 0.2) is 0 Å². The summed E-state index contributed by atoms with van der Waals surface area (Å²) in [6, 6.07) is 0. The van der Waals surface area contributed by atoms with Crippen LogP contribution in [0.3, 0.4) is 0 Å². The highest BCUT2D eigenvalue weighted by Crippen LogP contribution is 2.13. The number of aromatic nitrogens is 2. The summed E-state index contributed by atoms with van der Waals surface area (Å²) in [5, 5.41) is 21.5. The third-order valence-corrected chi connectivity index (χ3v) is 2.66. The van der Waals surface area contributed by atoms with Gasteiger partial charge in [-0.15, -0.1) is 0 Å². The standard InChI is InChI=1S/C10H14N4O3/c1-11-9-3-12-2-6(13-9)10(17)14-4-7(15)8(16)5-14/h2-3,7-8,15-16H,4-5H2,1H3,(H,11,13). The maximum absolute atomic E-state index is 12.0. The number of carbonyl (C=O) groups is 1. The maximum atomic E-state index is 12.0. The minimum Gasteiger partial charge on any atom is -0.388 e. The van der Waals surface area contributed by atoms with Crippen molar-refractivity contribution in [3.8, 4) is 0 Å². The molecule has 1 fully saturated rings. The summed E-state index contributed by atoms with van der Waals surface area (Å²) in [6.07, 6.45) is 1.09. The third-order valence-electron chi connectivity index (χ3n) is 2.66. The zero-order valence-corrected chi connectivity index (χ0v) is 9.37. The molecule has 0 aromatic carbocycles. The summed E-state index contributed by atoms with van der Waals surface area (Å²) in [4.78, 5) is 21.3. The van der Waals surface area contributed by atoms with Crippen LogP contribution in [0.1, 0.15) is 10.5 Å². The first kappa shape index (κ1) is 11.7. The van der Waals surface area contributed by atoms with Gasteiger partial charge in [0, 0.05) is 20.1 Å². The molecule has 1 aromatic heterocycles. The first-order valence-corrected chi connectivity index (χ1v) is 5.27. The maximum Gasteiger partial charge on any atom is 0.274 e. The van der Waals surface area contributed by atoms with Gasteiger partial charge in [-0.25, -0.2) is 4.98 Å². The van der Waals surface area contributed by atoms with Crippen molar-refractivity contribution in [3.63, 3.8) is 0 Å². The highest BCUT2D eigenvalue weighted by Gasteiger charge is 2.33. The molecule has 1 aliphatic rings. The van der Waals surface area contributed by atoms with E-state index in [0.717, 1.165) is 0 Å². The van der Waals surface area contributed by atoms with Gasteiger partial charge in [-0.2, -0.15) is 0 Å². The minimum absolute atomic E-state index is 0.117. The number of β-amino-alcohol motifs (C(OH)–C–C–N with tert-alkyl or cyclic N) is 2. The van der Waals surface area contributed by atoms with E-state index in [-0.39, 0.29) is 24.7 Å². The molecular weight excluding hydrogens is 224 g/mol. The number of aliphatic hydroxyl groups excluding tert-OH is 2. The first-order valence-electron chi connectivity index (χ1n) is 5.27. The lowest BCUT2D eigenvalue weighted by molar-refractivity contribution is 0.0572. The molecule has 0 aliphatic carbocycles. The molecule has 2 unspecified atom stereocenters. The molecule has 92 valence electrons. The topological polar surface area (TPSA) is 98.6 Å². The number of nitrogens with one attached hydrogen (secondary N) is 1. The molecule has 1 aromatic rings. The van der Waals surface area contributed by atoms with E-state index in [4.69, 9.17) is 0 Å². The number of amides is 1. The second-order valence-corrected chi connectivity index (χ2v) is 3.88. The van der Waals surface area contributed by atoms with E-state index < -0.39 is 12.2 Å². The molecule has 1 saturated heterocycles. The Balaban J connectivity index is 2.14. The zero-order valence-electron chi connectivity index (χ0n) is 9.37. The van der Waals surface area contributed by atoms with Crippen molar-refractivity contribution in [2.75, 3.05) is 25.5 Å². The Morgan fingerprint density at radius 3 is 2.65 bits per heavy atom. The molecule has 7 heteroatoms. The van der Waals surface area contributed by atoms with E-state index >= 15 is 0 Å². The van der Waals surface area contributed by atoms with Gasteiger partial charge in [-0.1, -0.05) is 0 Å². The van der Waals surface area contributed by atoms with Crippen molar-refractivity contribution in [2.24, 2.45) is 0 Å². The van der Waals surface area contributed by atoms with Gasteiger partial charge in [-0.05, 0) is 0 Å². The number of likely N-dealkylation sites (tertiary alicyclic amines) is 1. The fraction of sp³-hybridized carbons (Fsp3) is 0.500. The lowest BCUT2D eigenvalue weighted by Crippen LogP contribution is -2.30. The van der Waals surface area contributed by atoms with Crippen molar-refractivity contribution in [2.45, 2.75) is 12.2 Å². The van der Waals surface area contributed by atoms with Crippen LogP contribution in [0.5, 0.6) is 0 Å². The summed E-state index contributed by atoms with van der Waals surface area (Å²) in [5.41, 5.74) is 0.193. The van der Waals surface area contributed by atoms with E-state index in [1.165, 1.54) is 17.3 Å². The molecule has 3 N–H and O–H groups in total. The Hall–Kier alpha value is -1.73. The van der Waals surface area contributed by atoms with Gasteiger partial charge in [0.25, 0.3) is 5.91 Å². The number of hydrogen-bond acceptors (Lipinski definition) is 6. The molecule has 1 aliphatic heterocycles. The van der Waals surface area contributed by atoms with Crippen LogP contribution in [-0.2, 0) is 0 Å². The second kappa shape index (κ2) is 4.64. The molecule has 2 rings (SSSR count). The van der Waals surface area contributed by atoms with E-state index in [2.05, 4.69) is 15.3 Å². The summed E-state index contributed by atoms with van der Waals surface area (Å²) < 4.78 is 0. The van der Waals surface area contributed by atoms with Gasteiger partial charge in [0.2, 0.25) is 0 Å². The van der Waals surface area contributed by atoms with Crippen LogP contribution in [0.4, 0.5) is 5.82 Å². The van der Waals surface area contributed by atoms with Crippen LogP contribution in [0.25, 0.3) is 0 Å². The van der Waals surface area contributed by atoms with Gasteiger partial charge in [0.1, 0.15) is 11.5 Å². The number of aliphatic hydroxyl groups is 2. The Morgan fingerprint density at radius 2 is 2.06 bits per heavy atom. The Morgan fingerprint density at radius 1 is 1.41 bits per heavy atom. The van der Waals surface area contributed by atoms with Crippen LogP contribution in [-0.4, -0.2) is 63.3 Å². The second-order valence-electron chi connectivity index (χ2n) is 3.88. The smallest absolute Gasteiger partial charge is 0.274 e. The van der Waals surface area contributed by atoms with Gasteiger partial charge in [-0.3, -0.25) is 9.78 Å². The lowest BCUT2D eigenvalue weighted by Gasteiger charge is -2.14. The fourth-order valence-electron chi connectivity index (χ4n) is 1.69. The molecule has 0 radical (unpaired) electrons. The summed E-state index contributed by atoms with van der Waals surface area (Å²) in [6.45, 7) is 0.233. The van der Waals surface area contributed by atoms with Crippen molar-refractivity contribution >= 4 is 11.7 Å². The molecule has 0 bridgehead atoms. The number of rotatable bonds is 2. The first-order chi connectivity index (χ1) is 8.11. The Bertz CT molecular complexity index is 416. The SMILES string of the molecule is CNc1cncc(C(=O)N2CC(O)C(O)C2)n1. The Labute approximate surface area is 98.1 Å². The van der Waals surface area contributed by atoms with Gasteiger partial charge < -0.3 is 20.4 Å². The Kier molecular flexibility index (Phi) is 3.21. The average Bonchev–Trinajstić information content (AvgIpc) is 2.69. The van der Waals surface area contributed by atoms with E-state index in [0.29, 0.717) is 5.82 Å². The third kappa shape index (κ3) is 2.34. The van der Waals surface area contributed by atoms with Crippen molar-refractivity contribution < 1.29 is 15.0 Å². The van der Waals surface area contributed by atoms with E-state index in [9.17, 15) is 15.0 Å². The minimum atomic E-state index is -0.889. The molecule has 7 nitrogen and oxygen atoms in total. The van der Waals surface area contributed by atoms with Crippen LogP contribution in [0.15, 0.2) is 12.4 Å². The summed E-state index contributed by atoms with van der Waals surface area (Å²) in [5.74, 6) is 0.154. The number of hydrogen-bond donors (Lipinski definition) is 3. The normalized spacial score (nSPS) is 23.8. The molecular formula is C10H14N4O3. The predicted molar refractivity (Wildman–Crippen MR) is 59.5 cm³/mol. The monoisotopic (exact) mass is 238 g/mol. The number of anilines is 1. The molecule has 0 saturated carbocycles. The molecule has 2 heterocycles. The molecule has 17 heavy (non-hydrogen) atoms. The van der Waals surface area contributed by atoms with E-state index in [1.54, 1.807) is 7.05 Å². The highest BCUT2D eigenvalue weighted by molar-refractivity contribution is 5.92. The number of carbonyl (C=O) groups excluding carboxylic acids is 1. The van der Waals surface area contributed by atoms with Crippen molar-refractivity contribution in [3.05, 3.63) is 18.1 Å². The lowest BCUT2D eigenvalue weighted by atomic mass is 10.3. The largest absolute Gasteiger partial charge is 0.388 e. The fourth-order valence-corrected chi connectivity index (χ4v) is 1.69. The number of nitrogens with zero attached hydrogens (tertiary/aromatic N) is 3. The zero-order chi connectivity index (χ0) is 12.4. The van der Waals surface area contributed by atoms with E-state index in [1.807, 2.05) is 0 Å². The summed E-state index contributed by atoms with van der Waals surface area (Å²) in [7, 11) is 1.68. The van der Waals surface area contributed by atoms with Crippen LogP contribution in [0, 0.1) is 0 Å².